The highest BCUT2D eigenvalue weighted by Gasteiger charge is 2.22. The molecule has 7 rings (SSSR count). The first-order valence-electron chi connectivity index (χ1n) is 12.5. The van der Waals surface area contributed by atoms with Crippen molar-refractivity contribution in [3.63, 3.8) is 0 Å². The summed E-state index contributed by atoms with van der Waals surface area (Å²) in [7, 11) is 0. The van der Waals surface area contributed by atoms with E-state index >= 15 is 0 Å². The van der Waals surface area contributed by atoms with Crippen LogP contribution in [0, 0.1) is 0 Å². The van der Waals surface area contributed by atoms with E-state index in [1.165, 1.54) is 43.6 Å². The zero-order valence-corrected chi connectivity index (χ0v) is 20.7. The van der Waals surface area contributed by atoms with E-state index in [9.17, 15) is 0 Å². The van der Waals surface area contributed by atoms with Gasteiger partial charge in [0.2, 0.25) is 0 Å². The molecule has 0 aliphatic carbocycles. The third-order valence-corrected chi connectivity index (χ3v) is 7.21. The average Bonchev–Trinajstić information content (AvgIpc) is 3.41. The summed E-state index contributed by atoms with van der Waals surface area (Å²) in [4.78, 5) is 5.27. The van der Waals surface area contributed by atoms with Gasteiger partial charge in [-0.1, -0.05) is 93.6 Å². The highest BCUT2D eigenvalue weighted by molar-refractivity contribution is 6.10. The zero-order chi connectivity index (χ0) is 24.4. The Kier molecular flexibility index (Phi) is 4.40. The largest absolute Gasteiger partial charge is 0.309 e. The number of aromatic nitrogens is 3. The molecule has 0 atom stereocenters. The lowest BCUT2D eigenvalue weighted by molar-refractivity contribution is 0.567. The van der Waals surface area contributed by atoms with Crippen LogP contribution in [0.1, 0.15) is 26.5 Å². The van der Waals surface area contributed by atoms with Crippen molar-refractivity contribution in [3.05, 3.63) is 115 Å². The van der Waals surface area contributed by atoms with Crippen LogP contribution >= 0.6 is 0 Å². The monoisotopic (exact) mass is 465 g/mol. The Morgan fingerprint density at radius 2 is 0.889 bits per heavy atom. The van der Waals surface area contributed by atoms with Crippen LogP contribution in [0.4, 0.5) is 0 Å². The van der Waals surface area contributed by atoms with E-state index in [1.807, 2.05) is 0 Å². The van der Waals surface area contributed by atoms with Gasteiger partial charge in [-0.25, -0.2) is 4.98 Å². The summed E-state index contributed by atoms with van der Waals surface area (Å²) in [5.74, 6) is 0.941. The lowest BCUT2D eigenvalue weighted by Crippen LogP contribution is -2.16. The molecule has 0 saturated heterocycles. The fraction of sp³-hybridized carbons (Fsp3) is 0.121. The SMILES string of the molecule is CC(C)(C)c1cc(-n2c3ccccc3c3ccccc32)cc(-n2c3ccccc3c3ccccc32)n1. The fourth-order valence-electron chi connectivity index (χ4n) is 5.50. The van der Waals surface area contributed by atoms with Crippen LogP contribution < -0.4 is 0 Å². The van der Waals surface area contributed by atoms with E-state index in [2.05, 4.69) is 139 Å². The van der Waals surface area contributed by atoms with Crippen molar-refractivity contribution < 1.29 is 0 Å². The summed E-state index contributed by atoms with van der Waals surface area (Å²) < 4.78 is 4.70. The number of fused-ring (bicyclic) bond motifs is 6. The van der Waals surface area contributed by atoms with E-state index in [0.717, 1.165) is 17.2 Å². The quantitative estimate of drug-likeness (QED) is 0.251. The number of nitrogens with zero attached hydrogens (tertiary/aromatic N) is 3. The molecule has 3 aromatic heterocycles. The molecule has 0 N–H and O–H groups in total. The number of hydrogen-bond donors (Lipinski definition) is 0. The molecule has 3 heterocycles. The molecule has 174 valence electrons. The van der Waals surface area contributed by atoms with Crippen molar-refractivity contribution in [2.24, 2.45) is 0 Å². The third kappa shape index (κ3) is 3.02. The van der Waals surface area contributed by atoms with E-state index in [1.54, 1.807) is 0 Å². The molecule has 0 aliphatic heterocycles. The summed E-state index contributed by atoms with van der Waals surface area (Å²) in [5, 5.41) is 5.02. The van der Waals surface area contributed by atoms with Crippen LogP contribution in [0.3, 0.4) is 0 Å². The minimum Gasteiger partial charge on any atom is -0.309 e. The van der Waals surface area contributed by atoms with Gasteiger partial charge in [0.25, 0.3) is 0 Å². The molecule has 36 heavy (non-hydrogen) atoms. The van der Waals surface area contributed by atoms with Crippen LogP contribution in [0.5, 0.6) is 0 Å². The molecule has 0 saturated carbocycles. The molecule has 0 radical (unpaired) electrons. The molecule has 4 aromatic carbocycles. The van der Waals surface area contributed by atoms with Gasteiger partial charge in [-0.3, -0.25) is 4.57 Å². The highest BCUT2D eigenvalue weighted by atomic mass is 15.1. The molecular formula is C33H27N3. The van der Waals surface area contributed by atoms with E-state index < -0.39 is 0 Å². The second-order valence-electron chi connectivity index (χ2n) is 10.6. The van der Waals surface area contributed by atoms with Gasteiger partial charge in [-0.05, 0) is 30.3 Å². The van der Waals surface area contributed by atoms with Gasteiger partial charge in [0, 0.05) is 33.0 Å². The summed E-state index contributed by atoms with van der Waals surface area (Å²) in [6.07, 6.45) is 0. The molecule has 3 nitrogen and oxygen atoms in total. The van der Waals surface area contributed by atoms with Crippen LogP contribution in [-0.2, 0) is 5.41 Å². The Hall–Kier alpha value is -4.37. The maximum Gasteiger partial charge on any atom is 0.139 e. The van der Waals surface area contributed by atoms with Gasteiger partial charge in [0.1, 0.15) is 5.82 Å². The van der Waals surface area contributed by atoms with Crippen molar-refractivity contribution >= 4 is 43.6 Å². The van der Waals surface area contributed by atoms with Crippen LogP contribution in [0.2, 0.25) is 0 Å². The minimum atomic E-state index is -0.109. The van der Waals surface area contributed by atoms with Crippen LogP contribution in [-0.4, -0.2) is 14.1 Å². The van der Waals surface area contributed by atoms with Crippen LogP contribution in [0.25, 0.3) is 55.1 Å². The van der Waals surface area contributed by atoms with E-state index in [0.29, 0.717) is 0 Å². The molecule has 0 fully saturated rings. The van der Waals surface area contributed by atoms with Gasteiger partial charge in [0.15, 0.2) is 0 Å². The second-order valence-corrected chi connectivity index (χ2v) is 10.6. The Bertz CT molecular complexity index is 1690. The molecule has 0 unspecified atom stereocenters. The standard InChI is InChI=1S/C33H27N3/c1-33(2,3)31-20-22(35-27-16-8-4-12-23(27)24-13-5-9-17-28(24)35)21-32(34-31)36-29-18-10-6-14-25(29)26-15-7-11-19-30(26)36/h4-21H,1-3H3. The number of benzene rings is 4. The summed E-state index contributed by atoms with van der Waals surface area (Å²) in [6, 6.07) is 39.1. The van der Waals surface area contributed by atoms with Crippen molar-refractivity contribution in [2.75, 3.05) is 0 Å². The maximum absolute atomic E-state index is 5.27. The van der Waals surface area contributed by atoms with Gasteiger partial charge in [-0.2, -0.15) is 0 Å². The van der Waals surface area contributed by atoms with E-state index in [4.69, 9.17) is 4.98 Å². The highest BCUT2D eigenvalue weighted by Crippen LogP contribution is 2.36. The van der Waals surface area contributed by atoms with E-state index in [-0.39, 0.29) is 5.41 Å². The molecular weight excluding hydrogens is 438 g/mol. The topological polar surface area (TPSA) is 22.8 Å². The zero-order valence-electron chi connectivity index (χ0n) is 20.7. The fourth-order valence-corrected chi connectivity index (χ4v) is 5.50. The normalized spacial score (nSPS) is 12.3. The lowest BCUT2D eigenvalue weighted by atomic mass is 9.91. The molecule has 0 amide bonds. The third-order valence-electron chi connectivity index (χ3n) is 7.21. The molecule has 7 aromatic rings. The number of para-hydroxylation sites is 4. The van der Waals surface area contributed by atoms with Crippen molar-refractivity contribution in [3.8, 4) is 11.5 Å². The number of pyridine rings is 1. The number of hydrogen-bond acceptors (Lipinski definition) is 1. The van der Waals surface area contributed by atoms with Crippen molar-refractivity contribution in [1.82, 2.24) is 14.1 Å². The Morgan fingerprint density at radius 1 is 0.500 bits per heavy atom. The van der Waals surface area contributed by atoms with Crippen LogP contribution in [0.15, 0.2) is 109 Å². The predicted octanol–water partition coefficient (Wildman–Crippen LogP) is 8.57. The first-order chi connectivity index (χ1) is 17.5. The van der Waals surface area contributed by atoms with Gasteiger partial charge in [0.05, 0.1) is 33.4 Å². The maximum atomic E-state index is 5.27. The minimum absolute atomic E-state index is 0.109. The first-order valence-corrected chi connectivity index (χ1v) is 12.5. The molecule has 0 aliphatic rings. The number of rotatable bonds is 2. The van der Waals surface area contributed by atoms with Gasteiger partial charge >= 0.3 is 0 Å². The predicted molar refractivity (Wildman–Crippen MR) is 152 cm³/mol. The van der Waals surface area contributed by atoms with Gasteiger partial charge < -0.3 is 4.57 Å². The van der Waals surface area contributed by atoms with Crippen molar-refractivity contribution in [2.45, 2.75) is 26.2 Å². The first kappa shape index (κ1) is 21.0. The summed E-state index contributed by atoms with van der Waals surface area (Å²) in [5.41, 5.74) is 6.84. The molecule has 0 spiro atoms. The Balaban J connectivity index is 1.62. The molecule has 3 heteroatoms. The van der Waals surface area contributed by atoms with Gasteiger partial charge in [-0.15, -0.1) is 0 Å². The van der Waals surface area contributed by atoms with Crippen molar-refractivity contribution in [1.29, 1.82) is 0 Å². The average molecular weight is 466 g/mol. The Labute approximate surface area is 210 Å². The Morgan fingerprint density at radius 3 is 1.31 bits per heavy atom. The lowest BCUT2D eigenvalue weighted by Gasteiger charge is -2.21. The smallest absolute Gasteiger partial charge is 0.139 e. The molecule has 0 bridgehead atoms. The summed E-state index contributed by atoms with van der Waals surface area (Å²) in [6.45, 7) is 6.71. The second kappa shape index (κ2) is 7.56. The summed E-state index contributed by atoms with van der Waals surface area (Å²) >= 11 is 0.